The van der Waals surface area contributed by atoms with E-state index in [0.717, 1.165) is 0 Å². The number of nitrogens with zero attached hydrogens (tertiary/aromatic N) is 1. The first kappa shape index (κ1) is 13.2. The number of imidazole rings is 1. The highest BCUT2D eigenvalue weighted by Crippen LogP contribution is 2.14. The Morgan fingerprint density at radius 2 is 2.29 bits per heavy atom. The molecule has 0 saturated carbocycles. The second-order valence-electron chi connectivity index (χ2n) is 3.57. The normalized spacial score (nSPS) is 14.0. The van der Waals surface area contributed by atoms with E-state index in [1.807, 2.05) is 0 Å². The maximum absolute atomic E-state index is 11.3. The van der Waals surface area contributed by atoms with Crippen molar-refractivity contribution in [1.29, 1.82) is 0 Å². The number of hydrogen-bond donors (Lipinski definition) is 4. The molecule has 1 aromatic heterocycles. The largest absolute Gasteiger partial charge is 0.480 e. The van der Waals surface area contributed by atoms with E-state index in [1.165, 1.54) is 12.5 Å². The molecule has 1 aromatic rings. The molecule has 2 atom stereocenters. The first-order valence-corrected chi connectivity index (χ1v) is 5.25. The van der Waals surface area contributed by atoms with Crippen LogP contribution in [-0.4, -0.2) is 38.1 Å². The van der Waals surface area contributed by atoms with Gasteiger partial charge in [0.1, 0.15) is 6.10 Å². The Kier molecular flexibility index (Phi) is 4.65. The maximum Gasteiger partial charge on any atom is 0.329 e. The lowest BCUT2D eigenvalue weighted by molar-refractivity contribution is -0.145. The SMILES string of the molecule is CCCC(=O)NC(C(=O)O)C(O)c1c[nH]cn1. The number of carbonyl (C=O) groups is 2. The van der Waals surface area contributed by atoms with E-state index >= 15 is 0 Å². The lowest BCUT2D eigenvalue weighted by Crippen LogP contribution is -2.45. The summed E-state index contributed by atoms with van der Waals surface area (Å²) in [5.74, 6) is -1.71. The molecule has 1 heterocycles. The minimum Gasteiger partial charge on any atom is -0.480 e. The predicted octanol–water partition coefficient (Wildman–Crippen LogP) is -0.187. The highest BCUT2D eigenvalue weighted by atomic mass is 16.4. The number of rotatable bonds is 6. The van der Waals surface area contributed by atoms with E-state index < -0.39 is 24.0 Å². The molecular weight excluding hydrogens is 226 g/mol. The van der Waals surface area contributed by atoms with Crippen molar-refractivity contribution in [3.8, 4) is 0 Å². The van der Waals surface area contributed by atoms with Crippen molar-refractivity contribution >= 4 is 11.9 Å². The van der Waals surface area contributed by atoms with Crippen LogP contribution in [0.25, 0.3) is 0 Å². The predicted molar refractivity (Wildman–Crippen MR) is 58.0 cm³/mol. The Hall–Kier alpha value is -1.89. The molecule has 0 bridgehead atoms. The van der Waals surface area contributed by atoms with Crippen molar-refractivity contribution in [2.45, 2.75) is 31.9 Å². The quantitative estimate of drug-likeness (QED) is 0.551. The monoisotopic (exact) mass is 241 g/mol. The summed E-state index contributed by atoms with van der Waals surface area (Å²) in [6.45, 7) is 1.81. The van der Waals surface area contributed by atoms with Crippen molar-refractivity contribution in [3.63, 3.8) is 0 Å². The number of aliphatic hydroxyl groups excluding tert-OH is 1. The van der Waals surface area contributed by atoms with Crippen molar-refractivity contribution in [2.75, 3.05) is 0 Å². The van der Waals surface area contributed by atoms with E-state index in [-0.39, 0.29) is 12.1 Å². The zero-order chi connectivity index (χ0) is 12.8. The van der Waals surface area contributed by atoms with Gasteiger partial charge in [-0.05, 0) is 6.42 Å². The summed E-state index contributed by atoms with van der Waals surface area (Å²) in [7, 11) is 0. The maximum atomic E-state index is 11.3. The molecule has 94 valence electrons. The third-order valence-electron chi connectivity index (χ3n) is 2.20. The standard InChI is InChI=1S/C10H15N3O4/c1-2-3-7(14)13-8(10(16)17)9(15)6-4-11-5-12-6/h4-5,8-9,15H,2-3H2,1H3,(H,11,12)(H,13,14)(H,16,17). The summed E-state index contributed by atoms with van der Waals surface area (Å²) in [5, 5.41) is 21.0. The molecule has 2 unspecified atom stereocenters. The fraction of sp³-hybridized carbons (Fsp3) is 0.500. The summed E-state index contributed by atoms with van der Waals surface area (Å²) < 4.78 is 0. The summed E-state index contributed by atoms with van der Waals surface area (Å²) >= 11 is 0. The molecule has 0 saturated heterocycles. The molecule has 7 heteroatoms. The van der Waals surface area contributed by atoms with E-state index in [4.69, 9.17) is 5.11 Å². The average Bonchev–Trinajstić information content (AvgIpc) is 2.78. The van der Waals surface area contributed by atoms with Crippen molar-refractivity contribution < 1.29 is 19.8 Å². The molecule has 0 aromatic carbocycles. The second-order valence-corrected chi connectivity index (χ2v) is 3.57. The number of nitrogens with one attached hydrogen (secondary N) is 2. The van der Waals surface area contributed by atoms with Gasteiger partial charge in [-0.2, -0.15) is 0 Å². The number of aliphatic carboxylic acids is 1. The first-order valence-electron chi connectivity index (χ1n) is 5.25. The Morgan fingerprint density at radius 1 is 1.59 bits per heavy atom. The number of aromatic nitrogens is 2. The summed E-state index contributed by atoms with van der Waals surface area (Å²) in [5.41, 5.74) is 0.175. The summed E-state index contributed by atoms with van der Waals surface area (Å²) in [4.78, 5) is 28.6. The van der Waals surface area contributed by atoms with Gasteiger partial charge in [0.15, 0.2) is 6.04 Å². The van der Waals surface area contributed by atoms with Gasteiger partial charge in [-0.1, -0.05) is 6.92 Å². The number of carboxylic acid groups (broad SMARTS) is 1. The Bertz CT molecular complexity index is 377. The second kappa shape index (κ2) is 6.00. The van der Waals surface area contributed by atoms with Gasteiger partial charge >= 0.3 is 5.97 Å². The van der Waals surface area contributed by atoms with Gasteiger partial charge in [-0.3, -0.25) is 4.79 Å². The molecule has 0 aliphatic rings. The highest BCUT2D eigenvalue weighted by molar-refractivity contribution is 5.84. The van der Waals surface area contributed by atoms with Gasteiger partial charge in [0, 0.05) is 12.6 Å². The van der Waals surface area contributed by atoms with E-state index in [1.54, 1.807) is 6.92 Å². The van der Waals surface area contributed by atoms with Crippen LogP contribution in [0.3, 0.4) is 0 Å². The molecule has 1 amide bonds. The smallest absolute Gasteiger partial charge is 0.329 e. The van der Waals surface area contributed by atoms with Crippen LogP contribution in [0.2, 0.25) is 0 Å². The third-order valence-corrected chi connectivity index (χ3v) is 2.20. The van der Waals surface area contributed by atoms with Crippen molar-refractivity contribution in [2.24, 2.45) is 0 Å². The number of carboxylic acids is 1. The van der Waals surface area contributed by atoms with Crippen LogP contribution in [0.4, 0.5) is 0 Å². The van der Waals surface area contributed by atoms with Crippen LogP contribution in [-0.2, 0) is 9.59 Å². The van der Waals surface area contributed by atoms with E-state index in [2.05, 4.69) is 15.3 Å². The lowest BCUT2D eigenvalue weighted by Gasteiger charge is -2.18. The van der Waals surface area contributed by atoms with Gasteiger partial charge in [0.25, 0.3) is 0 Å². The summed E-state index contributed by atoms with van der Waals surface area (Å²) in [6, 6.07) is -1.39. The highest BCUT2D eigenvalue weighted by Gasteiger charge is 2.30. The molecule has 7 nitrogen and oxygen atoms in total. The van der Waals surface area contributed by atoms with Crippen LogP contribution in [0, 0.1) is 0 Å². The Morgan fingerprint density at radius 3 is 2.76 bits per heavy atom. The van der Waals surface area contributed by atoms with Crippen molar-refractivity contribution in [1.82, 2.24) is 15.3 Å². The third kappa shape index (κ3) is 3.56. The zero-order valence-electron chi connectivity index (χ0n) is 9.38. The Labute approximate surface area is 97.9 Å². The minimum absolute atomic E-state index is 0.175. The molecule has 4 N–H and O–H groups in total. The van der Waals surface area contributed by atoms with Crippen LogP contribution in [0.5, 0.6) is 0 Å². The molecule has 0 radical (unpaired) electrons. The topological polar surface area (TPSA) is 115 Å². The number of aliphatic hydroxyl groups is 1. The van der Waals surface area contributed by atoms with Gasteiger partial charge in [-0.15, -0.1) is 0 Å². The van der Waals surface area contributed by atoms with Gasteiger partial charge in [0.2, 0.25) is 5.91 Å². The fourth-order valence-electron chi connectivity index (χ4n) is 1.35. The zero-order valence-corrected chi connectivity index (χ0v) is 9.38. The van der Waals surface area contributed by atoms with Crippen LogP contribution < -0.4 is 5.32 Å². The van der Waals surface area contributed by atoms with Crippen LogP contribution in [0.1, 0.15) is 31.6 Å². The van der Waals surface area contributed by atoms with E-state index in [0.29, 0.717) is 6.42 Å². The van der Waals surface area contributed by atoms with Crippen LogP contribution in [0.15, 0.2) is 12.5 Å². The molecule has 0 aliphatic heterocycles. The molecule has 0 spiro atoms. The number of carbonyl (C=O) groups excluding carboxylic acids is 1. The van der Waals surface area contributed by atoms with Crippen LogP contribution >= 0.6 is 0 Å². The molecular formula is C10H15N3O4. The van der Waals surface area contributed by atoms with E-state index in [9.17, 15) is 14.7 Å². The van der Waals surface area contributed by atoms with Crippen molar-refractivity contribution in [3.05, 3.63) is 18.2 Å². The lowest BCUT2D eigenvalue weighted by atomic mass is 10.1. The first-order chi connectivity index (χ1) is 8.06. The number of amides is 1. The average molecular weight is 241 g/mol. The minimum atomic E-state index is -1.39. The molecule has 1 rings (SSSR count). The Balaban J connectivity index is 2.72. The van der Waals surface area contributed by atoms with Gasteiger partial charge in [0.05, 0.1) is 12.0 Å². The molecule has 17 heavy (non-hydrogen) atoms. The number of H-pyrrole nitrogens is 1. The fourth-order valence-corrected chi connectivity index (χ4v) is 1.35. The van der Waals surface area contributed by atoms with Gasteiger partial charge in [-0.25, -0.2) is 9.78 Å². The number of hydrogen-bond acceptors (Lipinski definition) is 4. The molecule has 0 aliphatic carbocycles. The molecule has 0 fully saturated rings. The number of aromatic amines is 1. The summed E-state index contributed by atoms with van der Waals surface area (Å²) in [6.07, 6.45) is 2.16. The van der Waals surface area contributed by atoms with Gasteiger partial charge < -0.3 is 20.5 Å².